The van der Waals surface area contributed by atoms with E-state index in [0.717, 1.165) is 4.09 Å². The second-order valence-corrected chi connectivity index (χ2v) is 6.39. The van der Waals surface area contributed by atoms with Gasteiger partial charge in [-0.2, -0.15) is 17.6 Å². The lowest BCUT2D eigenvalue weighted by Gasteiger charge is -2.14. The summed E-state index contributed by atoms with van der Waals surface area (Å²) in [5.74, 6) is -0.176. The molecule has 2 rings (SSSR count). The molecule has 1 amide bonds. The van der Waals surface area contributed by atoms with Crippen LogP contribution in [-0.2, 0) is 27.9 Å². The van der Waals surface area contributed by atoms with Crippen LogP contribution in [0.3, 0.4) is 0 Å². The highest BCUT2D eigenvalue weighted by Gasteiger charge is 2.29. The van der Waals surface area contributed by atoms with E-state index in [9.17, 15) is 13.2 Å². The van der Waals surface area contributed by atoms with Crippen molar-refractivity contribution in [2.45, 2.75) is 26.4 Å². The minimum absolute atomic E-state index is 0.0573. The van der Waals surface area contributed by atoms with Crippen LogP contribution < -0.4 is 0 Å². The normalized spacial score (nSPS) is 15.1. The Morgan fingerprint density at radius 2 is 2.24 bits per heavy atom. The number of hydrogen-bond acceptors (Lipinski definition) is 5. The molecule has 0 bridgehead atoms. The number of nitrogens with zero attached hydrogens (tertiary/aromatic N) is 3. The van der Waals surface area contributed by atoms with Crippen LogP contribution in [0.4, 0.5) is 0 Å². The number of aromatic nitrogens is 2. The zero-order chi connectivity index (χ0) is 15.6. The molecule has 1 N–H and O–H groups in total. The van der Waals surface area contributed by atoms with Gasteiger partial charge in [0.05, 0.1) is 23.8 Å². The van der Waals surface area contributed by atoms with Gasteiger partial charge in [0.2, 0.25) is 5.91 Å². The first-order valence-corrected chi connectivity index (χ1v) is 7.88. The van der Waals surface area contributed by atoms with Crippen molar-refractivity contribution in [3.63, 3.8) is 0 Å². The van der Waals surface area contributed by atoms with Crippen molar-refractivity contribution in [2.24, 2.45) is 0 Å². The third-order valence-corrected chi connectivity index (χ3v) is 4.94. The van der Waals surface area contributed by atoms with E-state index in [0.29, 0.717) is 17.8 Å². The minimum Gasteiger partial charge on any atom is -0.396 e. The molecule has 0 atom stereocenters. The Balaban J connectivity index is 2.24. The number of rotatable bonds is 5. The first-order valence-electron chi connectivity index (χ1n) is 6.44. The van der Waals surface area contributed by atoms with Gasteiger partial charge in [0.25, 0.3) is 10.0 Å². The van der Waals surface area contributed by atoms with Gasteiger partial charge in [-0.1, -0.05) is 12.7 Å². The fourth-order valence-electron chi connectivity index (χ4n) is 2.16. The highest BCUT2D eigenvalue weighted by atomic mass is 32.2. The molecular weight excluding hydrogens is 294 g/mol. The number of allylic oxidation sites excluding steroid dienone is 2. The van der Waals surface area contributed by atoms with Gasteiger partial charge in [-0.05, 0) is 13.0 Å². The van der Waals surface area contributed by atoms with E-state index in [4.69, 9.17) is 5.11 Å². The van der Waals surface area contributed by atoms with Crippen LogP contribution in [0.15, 0.2) is 29.8 Å². The fourth-order valence-corrected chi connectivity index (χ4v) is 3.36. The summed E-state index contributed by atoms with van der Waals surface area (Å²) in [6.07, 6.45) is 4.19. The van der Waals surface area contributed by atoms with E-state index in [-0.39, 0.29) is 30.4 Å². The highest BCUT2D eigenvalue weighted by Crippen LogP contribution is 2.24. The lowest BCUT2D eigenvalue weighted by atomic mass is 10.3. The summed E-state index contributed by atoms with van der Waals surface area (Å²) in [6, 6.07) is 0. The average molecular weight is 311 g/mol. The van der Waals surface area contributed by atoms with Gasteiger partial charge in [-0.3, -0.25) is 4.79 Å². The van der Waals surface area contributed by atoms with Crippen molar-refractivity contribution in [3.05, 3.63) is 41.1 Å². The summed E-state index contributed by atoms with van der Waals surface area (Å²) in [7, 11) is -3.72. The topological polar surface area (TPSA) is 92.5 Å². The highest BCUT2D eigenvalue weighted by molar-refractivity contribution is 7.93. The third-order valence-electron chi connectivity index (χ3n) is 3.27. The molecule has 0 fully saturated rings. The van der Waals surface area contributed by atoms with Gasteiger partial charge in [0.1, 0.15) is 0 Å². The Bertz CT molecular complexity index is 679. The van der Waals surface area contributed by atoms with Gasteiger partial charge < -0.3 is 10.0 Å². The molecule has 0 saturated carbocycles. The van der Waals surface area contributed by atoms with E-state index in [2.05, 4.69) is 11.7 Å². The summed E-state index contributed by atoms with van der Waals surface area (Å²) in [5, 5.41) is 12.8. The molecule has 0 spiro atoms. The Labute approximate surface area is 123 Å². The Morgan fingerprint density at radius 3 is 2.76 bits per heavy atom. The molecule has 1 aromatic heterocycles. The Morgan fingerprint density at radius 1 is 1.52 bits per heavy atom. The van der Waals surface area contributed by atoms with Gasteiger partial charge in [0, 0.05) is 24.7 Å². The number of amides is 1. The van der Waals surface area contributed by atoms with Gasteiger partial charge in [0.15, 0.2) is 0 Å². The summed E-state index contributed by atoms with van der Waals surface area (Å²) < 4.78 is 25.4. The monoisotopic (exact) mass is 311 g/mol. The maximum Gasteiger partial charge on any atom is 0.282 e. The molecule has 7 nitrogen and oxygen atoms in total. The van der Waals surface area contributed by atoms with Crippen molar-refractivity contribution in [3.8, 4) is 0 Å². The van der Waals surface area contributed by atoms with Crippen LogP contribution in [0, 0.1) is 0 Å². The summed E-state index contributed by atoms with van der Waals surface area (Å²) in [5.41, 5.74) is 1.26. The van der Waals surface area contributed by atoms with Crippen molar-refractivity contribution >= 4 is 15.9 Å². The molecule has 1 aliphatic rings. The van der Waals surface area contributed by atoms with Crippen LogP contribution in [0.2, 0.25) is 0 Å². The molecule has 2 heterocycles. The van der Waals surface area contributed by atoms with Gasteiger partial charge in [-0.15, -0.1) is 0 Å². The molecule has 0 aliphatic carbocycles. The van der Waals surface area contributed by atoms with E-state index in [1.165, 1.54) is 23.2 Å². The standard InChI is InChI=1S/C13H17N3O4S/c1-3-11(4-2)21(19,20)16-8-10-7-15(9-12(10)14-16)13(18)5-6-17/h3-4,8,17H,1,5-7,9H2,2H3/b11-4+. The number of aliphatic hydroxyl groups excluding tert-OH is 1. The first kappa shape index (κ1) is 15.5. The number of hydrogen-bond donors (Lipinski definition) is 1. The number of carbonyl (C=O) groups is 1. The molecule has 0 unspecified atom stereocenters. The molecule has 21 heavy (non-hydrogen) atoms. The van der Waals surface area contributed by atoms with Crippen LogP contribution in [0.5, 0.6) is 0 Å². The zero-order valence-electron chi connectivity index (χ0n) is 11.7. The summed E-state index contributed by atoms with van der Waals surface area (Å²) in [4.78, 5) is 13.3. The largest absolute Gasteiger partial charge is 0.396 e. The lowest BCUT2D eigenvalue weighted by Crippen LogP contribution is -2.26. The van der Waals surface area contributed by atoms with Crippen molar-refractivity contribution in [1.29, 1.82) is 0 Å². The molecule has 1 aliphatic heterocycles. The lowest BCUT2D eigenvalue weighted by molar-refractivity contribution is -0.132. The zero-order valence-corrected chi connectivity index (χ0v) is 12.5. The maximum atomic E-state index is 12.3. The van der Waals surface area contributed by atoms with Crippen LogP contribution in [0.25, 0.3) is 0 Å². The third kappa shape index (κ3) is 2.77. The average Bonchev–Trinajstić information content (AvgIpc) is 2.98. The quantitative estimate of drug-likeness (QED) is 0.793. The summed E-state index contributed by atoms with van der Waals surface area (Å²) >= 11 is 0. The van der Waals surface area contributed by atoms with Crippen molar-refractivity contribution in [2.75, 3.05) is 6.61 Å². The Kier molecular flexibility index (Phi) is 4.29. The predicted octanol–water partition coefficient (Wildman–Crippen LogP) is 0.375. The van der Waals surface area contributed by atoms with Crippen LogP contribution in [-0.4, -0.2) is 40.1 Å². The molecular formula is C13H17N3O4S. The maximum absolute atomic E-state index is 12.3. The number of fused-ring (bicyclic) bond motifs is 1. The van der Waals surface area contributed by atoms with E-state index < -0.39 is 10.0 Å². The summed E-state index contributed by atoms with van der Waals surface area (Å²) in [6.45, 7) is 5.46. The molecule has 114 valence electrons. The fraction of sp³-hybridized carbons (Fsp3) is 0.385. The van der Waals surface area contributed by atoms with Crippen molar-refractivity contribution in [1.82, 2.24) is 14.1 Å². The van der Waals surface area contributed by atoms with Crippen LogP contribution >= 0.6 is 0 Å². The predicted molar refractivity (Wildman–Crippen MR) is 76.5 cm³/mol. The van der Waals surface area contributed by atoms with Gasteiger partial charge in [-0.25, -0.2) is 0 Å². The van der Waals surface area contributed by atoms with E-state index in [1.54, 1.807) is 6.92 Å². The van der Waals surface area contributed by atoms with Crippen LogP contribution in [0.1, 0.15) is 24.6 Å². The molecule has 0 saturated heterocycles. The molecule has 1 aromatic rings. The SMILES string of the molecule is C=C/C(=C\C)S(=O)(=O)n1cc2c(n1)CN(C(=O)CCO)C2. The molecule has 8 heteroatoms. The van der Waals surface area contributed by atoms with E-state index in [1.807, 2.05) is 0 Å². The smallest absolute Gasteiger partial charge is 0.282 e. The minimum atomic E-state index is -3.72. The number of carbonyl (C=O) groups excluding carboxylic acids is 1. The van der Waals surface area contributed by atoms with E-state index >= 15 is 0 Å². The second-order valence-electron chi connectivity index (χ2n) is 4.60. The molecule has 0 radical (unpaired) electrons. The molecule has 0 aromatic carbocycles. The van der Waals surface area contributed by atoms with Gasteiger partial charge >= 0.3 is 0 Å². The second kappa shape index (κ2) is 5.82. The van der Waals surface area contributed by atoms with Crippen molar-refractivity contribution < 1.29 is 18.3 Å². The Hall–Kier alpha value is -1.93. The first-order chi connectivity index (χ1) is 9.93. The number of aliphatic hydroxyl groups is 1.